The van der Waals surface area contributed by atoms with Crippen molar-refractivity contribution < 1.29 is 14.3 Å². The van der Waals surface area contributed by atoms with Gasteiger partial charge >= 0.3 is 5.97 Å². The van der Waals surface area contributed by atoms with Crippen molar-refractivity contribution in [1.82, 2.24) is 10.6 Å². The number of nitrogens with one attached hydrogen (secondary N) is 2. The molecule has 1 atom stereocenters. The summed E-state index contributed by atoms with van der Waals surface area (Å²) >= 11 is 0. The highest BCUT2D eigenvalue weighted by molar-refractivity contribution is 5.87. The van der Waals surface area contributed by atoms with Crippen molar-refractivity contribution in [2.75, 3.05) is 13.2 Å². The van der Waals surface area contributed by atoms with Crippen LogP contribution in [0.3, 0.4) is 0 Å². The maximum Gasteiger partial charge on any atom is 0.331 e. The summed E-state index contributed by atoms with van der Waals surface area (Å²) in [4.78, 5) is 23.3. The van der Waals surface area contributed by atoms with Gasteiger partial charge in [0, 0.05) is 12.5 Å². The van der Waals surface area contributed by atoms with Crippen molar-refractivity contribution >= 4 is 11.9 Å². The molecule has 2 N–H and O–H groups in total. The first-order valence-corrected chi connectivity index (χ1v) is 6.17. The first-order chi connectivity index (χ1) is 7.95. The van der Waals surface area contributed by atoms with E-state index in [-0.39, 0.29) is 11.9 Å². The Hall–Kier alpha value is -1.10. The zero-order chi connectivity index (χ0) is 12.9. The minimum absolute atomic E-state index is 0.109. The number of hydrogen-bond donors (Lipinski definition) is 2. The Kier molecular flexibility index (Phi) is 4.93. The second-order valence-corrected chi connectivity index (χ2v) is 4.89. The zero-order valence-electron chi connectivity index (χ0n) is 10.8. The Morgan fingerprint density at radius 2 is 2.18 bits per heavy atom. The third-order valence-corrected chi connectivity index (χ3v) is 2.83. The number of carbonyl (C=O) groups is 2. The van der Waals surface area contributed by atoms with Crippen LogP contribution in [0.1, 0.15) is 40.0 Å². The van der Waals surface area contributed by atoms with Crippen molar-refractivity contribution in [2.45, 2.75) is 51.6 Å². The first-order valence-electron chi connectivity index (χ1n) is 6.17. The number of hydrogen-bond acceptors (Lipinski definition) is 4. The van der Waals surface area contributed by atoms with Gasteiger partial charge < -0.3 is 15.4 Å². The Balaban J connectivity index is 2.40. The molecule has 17 heavy (non-hydrogen) atoms. The molecular formula is C12H22N2O3. The number of rotatable bonds is 5. The van der Waals surface area contributed by atoms with E-state index in [1.807, 2.05) is 0 Å². The van der Waals surface area contributed by atoms with E-state index in [0.717, 1.165) is 19.4 Å². The van der Waals surface area contributed by atoms with Gasteiger partial charge in [-0.1, -0.05) is 0 Å². The molecule has 0 bridgehead atoms. The molecule has 0 spiro atoms. The zero-order valence-corrected chi connectivity index (χ0v) is 10.8. The topological polar surface area (TPSA) is 67.4 Å². The fourth-order valence-electron chi connectivity index (χ4n) is 1.92. The average molecular weight is 242 g/mol. The Labute approximate surface area is 102 Å². The third-order valence-electron chi connectivity index (χ3n) is 2.83. The van der Waals surface area contributed by atoms with Gasteiger partial charge in [0.2, 0.25) is 5.91 Å². The average Bonchev–Trinajstić information content (AvgIpc) is 2.69. The fraction of sp³-hybridized carbons (Fsp3) is 0.833. The van der Waals surface area contributed by atoms with Gasteiger partial charge in [0.1, 0.15) is 5.54 Å². The van der Waals surface area contributed by atoms with Gasteiger partial charge in [0.15, 0.2) is 0 Å². The van der Waals surface area contributed by atoms with Crippen molar-refractivity contribution in [3.8, 4) is 0 Å². The molecule has 1 fully saturated rings. The molecule has 1 amide bonds. The van der Waals surface area contributed by atoms with Gasteiger partial charge in [-0.25, -0.2) is 4.79 Å². The summed E-state index contributed by atoms with van der Waals surface area (Å²) in [7, 11) is 0. The molecule has 5 heteroatoms. The van der Waals surface area contributed by atoms with Crippen LogP contribution in [0, 0.1) is 0 Å². The normalized spacial score (nSPS) is 20.1. The quantitative estimate of drug-likeness (QED) is 0.692. The molecule has 0 aromatic heterocycles. The second kappa shape index (κ2) is 6.00. The highest BCUT2D eigenvalue weighted by Gasteiger charge is 2.31. The number of ether oxygens (including phenoxy) is 1. The lowest BCUT2D eigenvalue weighted by atomic mass is 10.0. The molecule has 0 radical (unpaired) electrons. The van der Waals surface area contributed by atoms with Crippen LogP contribution >= 0.6 is 0 Å². The molecule has 1 aliphatic rings. The third kappa shape index (κ3) is 4.34. The van der Waals surface area contributed by atoms with Crippen LogP contribution in [0.5, 0.6) is 0 Å². The summed E-state index contributed by atoms with van der Waals surface area (Å²) in [5.41, 5.74) is -0.953. The van der Waals surface area contributed by atoms with Gasteiger partial charge in [0.05, 0.1) is 6.61 Å². The van der Waals surface area contributed by atoms with E-state index < -0.39 is 11.5 Å². The van der Waals surface area contributed by atoms with Crippen molar-refractivity contribution in [1.29, 1.82) is 0 Å². The minimum atomic E-state index is -0.953. The van der Waals surface area contributed by atoms with E-state index in [9.17, 15) is 9.59 Å². The lowest BCUT2D eigenvalue weighted by Gasteiger charge is -2.24. The number of carbonyl (C=O) groups excluding carboxylic acids is 2. The van der Waals surface area contributed by atoms with Gasteiger partial charge in [-0.3, -0.25) is 4.79 Å². The van der Waals surface area contributed by atoms with E-state index >= 15 is 0 Å². The van der Waals surface area contributed by atoms with Crippen molar-refractivity contribution in [2.24, 2.45) is 0 Å². The monoisotopic (exact) mass is 242 g/mol. The summed E-state index contributed by atoms with van der Waals surface area (Å²) in [6.45, 7) is 6.36. The molecule has 1 rings (SSSR count). The van der Waals surface area contributed by atoms with E-state index in [1.165, 1.54) is 0 Å². The Morgan fingerprint density at radius 1 is 1.47 bits per heavy atom. The molecule has 0 aromatic rings. The second-order valence-electron chi connectivity index (χ2n) is 4.89. The number of amides is 1. The highest BCUT2D eigenvalue weighted by atomic mass is 16.5. The van der Waals surface area contributed by atoms with Gasteiger partial charge in [-0.05, 0) is 40.2 Å². The summed E-state index contributed by atoms with van der Waals surface area (Å²) < 4.78 is 4.91. The molecule has 98 valence electrons. The summed E-state index contributed by atoms with van der Waals surface area (Å²) in [5, 5.41) is 5.96. The molecule has 0 saturated carbocycles. The van der Waals surface area contributed by atoms with Crippen LogP contribution in [0.15, 0.2) is 0 Å². The van der Waals surface area contributed by atoms with Crippen molar-refractivity contribution in [3.05, 3.63) is 0 Å². The predicted octanol–water partition coefficient (Wildman–Crippen LogP) is 0.586. The van der Waals surface area contributed by atoms with Crippen LogP contribution in [0.4, 0.5) is 0 Å². The van der Waals surface area contributed by atoms with Crippen LogP contribution in [0.2, 0.25) is 0 Å². The summed E-state index contributed by atoms with van der Waals surface area (Å²) in [6.07, 6.45) is 2.55. The molecule has 1 heterocycles. The van der Waals surface area contributed by atoms with Crippen LogP contribution in [-0.4, -0.2) is 36.6 Å². The minimum Gasteiger partial charge on any atom is -0.464 e. The van der Waals surface area contributed by atoms with Crippen LogP contribution in [-0.2, 0) is 14.3 Å². The maximum atomic E-state index is 11.8. The Bertz CT molecular complexity index is 283. The molecule has 1 saturated heterocycles. The summed E-state index contributed by atoms with van der Waals surface area (Å²) in [5.74, 6) is -0.504. The Morgan fingerprint density at radius 3 is 2.71 bits per heavy atom. The lowest BCUT2D eigenvalue weighted by molar-refractivity contribution is -0.151. The largest absolute Gasteiger partial charge is 0.464 e. The summed E-state index contributed by atoms with van der Waals surface area (Å²) in [6, 6.07) is 0.244. The molecule has 1 unspecified atom stereocenters. The van der Waals surface area contributed by atoms with E-state index in [0.29, 0.717) is 13.0 Å². The lowest BCUT2D eigenvalue weighted by Crippen LogP contribution is -2.51. The highest BCUT2D eigenvalue weighted by Crippen LogP contribution is 2.11. The SMILES string of the molecule is CCOC(=O)C(C)(C)NC(=O)CC1CCCN1. The standard InChI is InChI=1S/C12H22N2O3/c1-4-17-11(16)12(2,3)14-10(15)8-9-6-5-7-13-9/h9,13H,4-8H2,1-3H3,(H,14,15). The van der Waals surface area contributed by atoms with E-state index in [2.05, 4.69) is 10.6 Å². The molecule has 0 aromatic carbocycles. The van der Waals surface area contributed by atoms with Gasteiger partial charge in [-0.15, -0.1) is 0 Å². The molecule has 5 nitrogen and oxygen atoms in total. The fourth-order valence-corrected chi connectivity index (χ4v) is 1.92. The smallest absolute Gasteiger partial charge is 0.331 e. The maximum absolute atomic E-state index is 11.8. The van der Waals surface area contributed by atoms with Crippen LogP contribution in [0.25, 0.3) is 0 Å². The van der Waals surface area contributed by atoms with Gasteiger partial charge in [-0.2, -0.15) is 0 Å². The number of esters is 1. The van der Waals surface area contributed by atoms with Crippen molar-refractivity contribution in [3.63, 3.8) is 0 Å². The van der Waals surface area contributed by atoms with E-state index in [1.54, 1.807) is 20.8 Å². The molecule has 1 aliphatic heterocycles. The van der Waals surface area contributed by atoms with E-state index in [4.69, 9.17) is 4.74 Å². The molecular weight excluding hydrogens is 220 g/mol. The van der Waals surface area contributed by atoms with Gasteiger partial charge in [0.25, 0.3) is 0 Å². The molecule has 0 aliphatic carbocycles. The van der Waals surface area contributed by atoms with Crippen LogP contribution < -0.4 is 10.6 Å². The first kappa shape index (κ1) is 14.0. The predicted molar refractivity (Wildman–Crippen MR) is 64.5 cm³/mol.